The van der Waals surface area contributed by atoms with Gasteiger partial charge in [-0.3, -0.25) is 9.59 Å². The fourth-order valence-corrected chi connectivity index (χ4v) is 4.68. The molecule has 1 saturated heterocycles. The van der Waals surface area contributed by atoms with Gasteiger partial charge in [0, 0.05) is 17.6 Å². The van der Waals surface area contributed by atoms with Crippen molar-refractivity contribution >= 4 is 32.8 Å². The van der Waals surface area contributed by atoms with Gasteiger partial charge in [-0.2, -0.15) is 0 Å². The fourth-order valence-electron chi connectivity index (χ4n) is 4.32. The lowest BCUT2D eigenvalue weighted by Crippen LogP contribution is -2.36. The summed E-state index contributed by atoms with van der Waals surface area (Å²) in [6.45, 7) is 1.11. The number of carbonyl (C=O) groups excluding carboxylic acids is 1. The van der Waals surface area contributed by atoms with Gasteiger partial charge in [0.05, 0.1) is 30.2 Å². The number of carbonyl (C=O) groups is 1. The average Bonchev–Trinajstić information content (AvgIpc) is 3.37. The van der Waals surface area contributed by atoms with Gasteiger partial charge in [-0.25, -0.2) is 0 Å². The van der Waals surface area contributed by atoms with Crippen molar-refractivity contribution in [1.82, 2.24) is 4.90 Å². The first-order valence-corrected chi connectivity index (χ1v) is 10.7. The van der Waals surface area contributed by atoms with Crippen molar-refractivity contribution in [1.29, 1.82) is 0 Å². The first kappa shape index (κ1) is 19.3. The quantitative estimate of drug-likeness (QED) is 0.569. The predicted molar refractivity (Wildman–Crippen MR) is 115 cm³/mol. The van der Waals surface area contributed by atoms with Gasteiger partial charge in [0.15, 0.2) is 5.43 Å². The molecule has 0 unspecified atom stereocenters. The monoisotopic (exact) mass is 469 g/mol. The third-order valence-electron chi connectivity index (χ3n) is 5.78. The Morgan fingerprint density at radius 2 is 1.97 bits per heavy atom. The molecule has 3 heterocycles. The summed E-state index contributed by atoms with van der Waals surface area (Å²) in [5.74, 6) is 0.556. The number of ether oxygens (including phenoxy) is 2. The molecule has 0 radical (unpaired) electrons. The summed E-state index contributed by atoms with van der Waals surface area (Å²) >= 11 is 3.42. The highest BCUT2D eigenvalue weighted by molar-refractivity contribution is 9.10. The van der Waals surface area contributed by atoms with Crippen molar-refractivity contribution in [3.05, 3.63) is 74.0 Å². The lowest BCUT2D eigenvalue weighted by Gasteiger charge is -2.27. The first-order chi connectivity index (χ1) is 14.6. The van der Waals surface area contributed by atoms with Crippen LogP contribution in [0.2, 0.25) is 0 Å². The smallest absolute Gasteiger partial charge is 0.291 e. The number of halogens is 1. The molecule has 2 aliphatic rings. The van der Waals surface area contributed by atoms with E-state index < -0.39 is 6.04 Å². The second kappa shape index (κ2) is 7.56. The van der Waals surface area contributed by atoms with Crippen molar-refractivity contribution < 1.29 is 18.7 Å². The summed E-state index contributed by atoms with van der Waals surface area (Å²) in [6, 6.07) is 12.2. The van der Waals surface area contributed by atoms with Crippen LogP contribution in [0, 0.1) is 0 Å². The molecular formula is C23H20BrNO5. The molecule has 6 nitrogen and oxygen atoms in total. The molecule has 2 atom stereocenters. The van der Waals surface area contributed by atoms with E-state index in [4.69, 9.17) is 13.9 Å². The van der Waals surface area contributed by atoms with Gasteiger partial charge in [0.2, 0.25) is 5.76 Å². The molecule has 7 heteroatoms. The zero-order chi connectivity index (χ0) is 20.8. The molecule has 30 heavy (non-hydrogen) atoms. The Labute approximate surface area is 181 Å². The number of hydrogen-bond acceptors (Lipinski definition) is 5. The van der Waals surface area contributed by atoms with Crippen LogP contribution in [-0.4, -0.2) is 37.2 Å². The van der Waals surface area contributed by atoms with E-state index in [1.165, 1.54) is 0 Å². The van der Waals surface area contributed by atoms with E-state index in [-0.39, 0.29) is 23.2 Å². The Balaban J connectivity index is 1.69. The van der Waals surface area contributed by atoms with Crippen LogP contribution in [0.15, 0.2) is 56.1 Å². The molecule has 154 valence electrons. The van der Waals surface area contributed by atoms with Gasteiger partial charge in [-0.1, -0.05) is 28.1 Å². The molecule has 2 aliphatic heterocycles. The zero-order valence-corrected chi connectivity index (χ0v) is 18.0. The maximum atomic E-state index is 13.5. The maximum absolute atomic E-state index is 13.5. The Bertz CT molecular complexity index is 1180. The minimum absolute atomic E-state index is 0.0392. The van der Waals surface area contributed by atoms with Crippen molar-refractivity contribution in [2.45, 2.75) is 25.0 Å². The van der Waals surface area contributed by atoms with E-state index in [1.54, 1.807) is 30.2 Å². The first-order valence-electron chi connectivity index (χ1n) is 9.89. The molecular weight excluding hydrogens is 450 g/mol. The molecule has 5 rings (SSSR count). The van der Waals surface area contributed by atoms with Crippen LogP contribution in [-0.2, 0) is 4.74 Å². The zero-order valence-electron chi connectivity index (χ0n) is 16.4. The fraction of sp³-hybridized carbons (Fsp3) is 0.304. The number of amides is 1. The molecule has 2 aromatic carbocycles. The topological polar surface area (TPSA) is 69.0 Å². The van der Waals surface area contributed by atoms with Crippen LogP contribution in [0.3, 0.4) is 0 Å². The predicted octanol–water partition coefficient (Wildman–Crippen LogP) is 4.29. The van der Waals surface area contributed by atoms with Crippen molar-refractivity contribution in [3.63, 3.8) is 0 Å². The number of hydrogen-bond donors (Lipinski definition) is 0. The van der Waals surface area contributed by atoms with Gasteiger partial charge < -0.3 is 18.8 Å². The highest BCUT2D eigenvalue weighted by Gasteiger charge is 2.43. The molecule has 0 saturated carbocycles. The summed E-state index contributed by atoms with van der Waals surface area (Å²) < 4.78 is 17.8. The lowest BCUT2D eigenvalue weighted by molar-refractivity contribution is 0.0486. The number of nitrogens with zero attached hydrogens (tertiary/aromatic N) is 1. The molecule has 1 aromatic heterocycles. The third kappa shape index (κ3) is 3.13. The van der Waals surface area contributed by atoms with Gasteiger partial charge in [0.25, 0.3) is 5.91 Å². The van der Waals surface area contributed by atoms with Crippen LogP contribution >= 0.6 is 15.9 Å². The number of rotatable bonds is 4. The average molecular weight is 470 g/mol. The van der Waals surface area contributed by atoms with E-state index in [1.807, 2.05) is 24.3 Å². The van der Waals surface area contributed by atoms with Gasteiger partial charge >= 0.3 is 0 Å². The maximum Gasteiger partial charge on any atom is 0.291 e. The van der Waals surface area contributed by atoms with Crippen LogP contribution in [0.1, 0.15) is 40.6 Å². The minimum atomic E-state index is -0.526. The van der Waals surface area contributed by atoms with E-state index >= 15 is 0 Å². The van der Waals surface area contributed by atoms with Gasteiger partial charge in [-0.15, -0.1) is 0 Å². The molecule has 3 aromatic rings. The summed E-state index contributed by atoms with van der Waals surface area (Å²) in [4.78, 5) is 28.6. The summed E-state index contributed by atoms with van der Waals surface area (Å²) in [5.41, 5.74) is 1.44. The summed E-state index contributed by atoms with van der Waals surface area (Å²) in [6.07, 6.45) is 1.83. The lowest BCUT2D eigenvalue weighted by atomic mass is 9.98. The number of benzene rings is 2. The van der Waals surface area contributed by atoms with E-state index in [0.29, 0.717) is 35.4 Å². The highest BCUT2D eigenvalue weighted by Crippen LogP contribution is 2.39. The minimum Gasteiger partial charge on any atom is -0.497 e. The number of methoxy groups -OCH3 is 1. The van der Waals surface area contributed by atoms with Crippen LogP contribution < -0.4 is 10.2 Å². The molecule has 0 aliphatic carbocycles. The Morgan fingerprint density at radius 1 is 1.17 bits per heavy atom. The van der Waals surface area contributed by atoms with E-state index in [9.17, 15) is 9.59 Å². The molecule has 0 N–H and O–H groups in total. The summed E-state index contributed by atoms with van der Waals surface area (Å²) in [5, 5.41) is 0.452. The van der Waals surface area contributed by atoms with Crippen molar-refractivity contribution in [3.8, 4) is 5.75 Å². The summed E-state index contributed by atoms with van der Waals surface area (Å²) in [7, 11) is 1.60. The molecule has 1 amide bonds. The highest BCUT2D eigenvalue weighted by atomic mass is 79.9. The Hall–Kier alpha value is -2.64. The van der Waals surface area contributed by atoms with Gasteiger partial charge in [0.1, 0.15) is 11.3 Å². The van der Waals surface area contributed by atoms with Crippen LogP contribution in [0.25, 0.3) is 11.0 Å². The largest absolute Gasteiger partial charge is 0.497 e. The third-order valence-corrected chi connectivity index (χ3v) is 6.28. The second-order valence-electron chi connectivity index (χ2n) is 7.58. The number of fused-ring (bicyclic) bond motifs is 2. The Kier molecular flexibility index (Phi) is 4.87. The Morgan fingerprint density at radius 3 is 2.67 bits per heavy atom. The molecule has 1 fully saturated rings. The second-order valence-corrected chi connectivity index (χ2v) is 8.50. The van der Waals surface area contributed by atoms with Crippen LogP contribution in [0.5, 0.6) is 5.75 Å². The van der Waals surface area contributed by atoms with Gasteiger partial charge in [-0.05, 0) is 48.7 Å². The molecule has 0 bridgehead atoms. The van der Waals surface area contributed by atoms with E-state index in [0.717, 1.165) is 22.9 Å². The molecule has 0 spiro atoms. The van der Waals surface area contributed by atoms with E-state index in [2.05, 4.69) is 15.9 Å². The normalized spacial score (nSPS) is 20.7. The van der Waals surface area contributed by atoms with Crippen molar-refractivity contribution in [2.75, 3.05) is 20.3 Å². The van der Waals surface area contributed by atoms with Crippen LogP contribution in [0.4, 0.5) is 0 Å². The SMILES string of the molecule is COc1ccc([C@H]2c3c(oc4ccc(Br)cc4c3=O)C(=O)N2C[C@H]2CCCO2)cc1. The standard InChI is InChI=1S/C23H20BrNO5/c1-28-15-7-4-13(5-8-15)20-19-21(26)17-11-14(24)6-9-18(17)30-22(19)23(27)25(20)12-16-3-2-10-29-16/h4-9,11,16,20H,2-3,10,12H2,1H3/t16-,20+/m1/s1. The van der Waals surface area contributed by atoms with Crippen molar-refractivity contribution in [2.24, 2.45) is 0 Å².